The summed E-state index contributed by atoms with van der Waals surface area (Å²) in [6.45, 7) is 3.19. The highest BCUT2D eigenvalue weighted by atomic mass is 16.7. The van der Waals surface area contributed by atoms with Crippen LogP contribution in [-0.2, 0) is 19.5 Å². The van der Waals surface area contributed by atoms with Gasteiger partial charge in [-0.15, -0.1) is 0 Å². The standard InChI is InChI=1S/C18H22N4O3/c1-20(2)11-14-10-19-17-5-6-21(7-8-22(14)17)18(23)13-3-4-15-16(9-13)25-12-24-15/h3-4,9-10H,5-8,11-12H2,1-2H3. The minimum absolute atomic E-state index is 0.0261. The zero-order valence-corrected chi connectivity index (χ0v) is 14.6. The van der Waals surface area contributed by atoms with E-state index in [0.717, 1.165) is 25.3 Å². The Morgan fingerprint density at radius 1 is 1.20 bits per heavy atom. The van der Waals surface area contributed by atoms with E-state index in [1.807, 2.05) is 25.2 Å². The third-order valence-electron chi connectivity index (χ3n) is 4.60. The van der Waals surface area contributed by atoms with Crippen molar-refractivity contribution >= 4 is 5.91 Å². The number of hydrogen-bond acceptors (Lipinski definition) is 5. The molecule has 0 saturated heterocycles. The van der Waals surface area contributed by atoms with Gasteiger partial charge in [-0.3, -0.25) is 4.79 Å². The molecule has 1 amide bonds. The minimum Gasteiger partial charge on any atom is -0.454 e. The number of hydrogen-bond donors (Lipinski definition) is 0. The van der Waals surface area contributed by atoms with Crippen LogP contribution in [0.5, 0.6) is 11.5 Å². The molecule has 0 spiro atoms. The first-order chi connectivity index (χ1) is 12.1. The molecule has 4 rings (SSSR count). The van der Waals surface area contributed by atoms with E-state index in [2.05, 4.69) is 14.5 Å². The van der Waals surface area contributed by atoms with Gasteiger partial charge in [-0.25, -0.2) is 4.98 Å². The molecule has 7 heteroatoms. The Hall–Kier alpha value is -2.54. The number of benzene rings is 1. The highest BCUT2D eigenvalue weighted by molar-refractivity contribution is 5.95. The van der Waals surface area contributed by atoms with Gasteiger partial charge in [0.05, 0.1) is 5.69 Å². The van der Waals surface area contributed by atoms with Gasteiger partial charge < -0.3 is 23.8 Å². The van der Waals surface area contributed by atoms with E-state index in [-0.39, 0.29) is 12.7 Å². The zero-order chi connectivity index (χ0) is 17.4. The van der Waals surface area contributed by atoms with Gasteiger partial charge >= 0.3 is 0 Å². The van der Waals surface area contributed by atoms with E-state index in [9.17, 15) is 4.79 Å². The SMILES string of the molecule is CN(C)Cc1cnc2n1CCN(C(=O)c1ccc3c(c1)OCO3)CC2. The molecule has 0 fully saturated rings. The molecule has 0 saturated carbocycles. The highest BCUT2D eigenvalue weighted by Gasteiger charge is 2.23. The van der Waals surface area contributed by atoms with Crippen LogP contribution in [0.2, 0.25) is 0 Å². The summed E-state index contributed by atoms with van der Waals surface area (Å²) in [5, 5.41) is 0. The van der Waals surface area contributed by atoms with Crippen molar-refractivity contribution in [2.75, 3.05) is 34.0 Å². The Bertz CT molecular complexity index is 800. The fourth-order valence-electron chi connectivity index (χ4n) is 3.36. The van der Waals surface area contributed by atoms with Gasteiger partial charge in [0.25, 0.3) is 5.91 Å². The fourth-order valence-corrected chi connectivity index (χ4v) is 3.36. The van der Waals surface area contributed by atoms with Gasteiger partial charge in [-0.05, 0) is 32.3 Å². The van der Waals surface area contributed by atoms with E-state index < -0.39 is 0 Å². The maximum Gasteiger partial charge on any atom is 0.254 e. The van der Waals surface area contributed by atoms with Gasteiger partial charge in [-0.2, -0.15) is 0 Å². The van der Waals surface area contributed by atoms with Crippen LogP contribution in [0.1, 0.15) is 21.9 Å². The first-order valence-electron chi connectivity index (χ1n) is 8.49. The summed E-state index contributed by atoms with van der Waals surface area (Å²) in [6.07, 6.45) is 2.72. The quantitative estimate of drug-likeness (QED) is 0.843. The van der Waals surface area contributed by atoms with Crippen molar-refractivity contribution in [1.82, 2.24) is 19.4 Å². The number of carbonyl (C=O) groups is 1. The first-order valence-corrected chi connectivity index (χ1v) is 8.49. The second-order valence-electron chi connectivity index (χ2n) is 6.67. The Labute approximate surface area is 146 Å². The normalized spacial score (nSPS) is 16.0. The molecule has 2 aliphatic heterocycles. The molecule has 2 aliphatic rings. The molecule has 132 valence electrons. The Morgan fingerprint density at radius 2 is 2.04 bits per heavy atom. The van der Waals surface area contributed by atoms with Gasteiger partial charge in [0.15, 0.2) is 11.5 Å². The van der Waals surface area contributed by atoms with E-state index in [1.165, 1.54) is 5.69 Å². The van der Waals surface area contributed by atoms with E-state index in [1.54, 1.807) is 18.2 Å². The maximum absolute atomic E-state index is 12.9. The molecular formula is C18H22N4O3. The Morgan fingerprint density at radius 3 is 2.88 bits per heavy atom. The van der Waals surface area contributed by atoms with Crippen LogP contribution in [0.4, 0.5) is 0 Å². The van der Waals surface area contributed by atoms with E-state index >= 15 is 0 Å². The van der Waals surface area contributed by atoms with Crippen LogP contribution in [-0.4, -0.2) is 59.2 Å². The highest BCUT2D eigenvalue weighted by Crippen LogP contribution is 2.32. The molecule has 0 bridgehead atoms. The van der Waals surface area contributed by atoms with Crippen molar-refractivity contribution in [3.8, 4) is 11.5 Å². The number of nitrogens with zero attached hydrogens (tertiary/aromatic N) is 4. The smallest absolute Gasteiger partial charge is 0.254 e. The van der Waals surface area contributed by atoms with Crippen LogP contribution in [0.15, 0.2) is 24.4 Å². The predicted octanol–water partition coefficient (Wildman–Crippen LogP) is 1.37. The lowest BCUT2D eigenvalue weighted by molar-refractivity contribution is 0.0758. The predicted molar refractivity (Wildman–Crippen MR) is 91.8 cm³/mol. The molecule has 1 aromatic carbocycles. The number of ether oxygens (including phenoxy) is 2. The first kappa shape index (κ1) is 16.0. The number of aromatic nitrogens is 2. The van der Waals surface area contributed by atoms with Crippen LogP contribution < -0.4 is 9.47 Å². The number of imidazole rings is 1. The van der Waals surface area contributed by atoms with E-state index in [4.69, 9.17) is 9.47 Å². The summed E-state index contributed by atoms with van der Waals surface area (Å²) in [4.78, 5) is 21.4. The van der Waals surface area contributed by atoms with E-state index in [0.29, 0.717) is 30.2 Å². The second kappa shape index (κ2) is 6.40. The average Bonchev–Trinajstić information content (AvgIpc) is 3.14. The number of carbonyl (C=O) groups excluding carboxylic acids is 1. The maximum atomic E-state index is 12.9. The number of rotatable bonds is 3. The van der Waals surface area contributed by atoms with Gasteiger partial charge in [0.1, 0.15) is 5.82 Å². The molecular weight excluding hydrogens is 320 g/mol. The largest absolute Gasteiger partial charge is 0.454 e. The lowest BCUT2D eigenvalue weighted by Gasteiger charge is -2.20. The topological polar surface area (TPSA) is 59.8 Å². The lowest BCUT2D eigenvalue weighted by atomic mass is 10.1. The third kappa shape index (κ3) is 3.07. The van der Waals surface area contributed by atoms with Crippen LogP contribution in [0.3, 0.4) is 0 Å². The van der Waals surface area contributed by atoms with Crippen molar-refractivity contribution in [2.45, 2.75) is 19.5 Å². The molecule has 3 heterocycles. The molecule has 0 unspecified atom stereocenters. The summed E-state index contributed by atoms with van der Waals surface area (Å²) < 4.78 is 12.9. The summed E-state index contributed by atoms with van der Waals surface area (Å²) in [6, 6.07) is 5.37. The molecule has 0 radical (unpaired) electrons. The molecule has 2 aromatic rings. The van der Waals surface area contributed by atoms with Crippen LogP contribution in [0.25, 0.3) is 0 Å². The number of fused-ring (bicyclic) bond motifs is 2. The summed E-state index contributed by atoms with van der Waals surface area (Å²) in [5.74, 6) is 2.42. The van der Waals surface area contributed by atoms with Gasteiger partial charge in [0, 0.05) is 44.4 Å². The summed E-state index contributed by atoms with van der Waals surface area (Å²) in [7, 11) is 4.10. The second-order valence-corrected chi connectivity index (χ2v) is 6.67. The Kier molecular flexibility index (Phi) is 4.09. The van der Waals surface area contributed by atoms with Crippen LogP contribution in [0, 0.1) is 0 Å². The monoisotopic (exact) mass is 342 g/mol. The van der Waals surface area contributed by atoms with Crippen molar-refractivity contribution in [3.63, 3.8) is 0 Å². The summed E-state index contributed by atoms with van der Waals surface area (Å²) in [5.41, 5.74) is 1.83. The minimum atomic E-state index is 0.0261. The van der Waals surface area contributed by atoms with Crippen molar-refractivity contribution < 1.29 is 14.3 Å². The average molecular weight is 342 g/mol. The molecule has 0 N–H and O–H groups in total. The Balaban J connectivity index is 1.50. The van der Waals surface area contributed by atoms with Gasteiger partial charge in [0.2, 0.25) is 6.79 Å². The third-order valence-corrected chi connectivity index (χ3v) is 4.60. The number of amides is 1. The molecule has 25 heavy (non-hydrogen) atoms. The lowest BCUT2D eigenvalue weighted by Crippen LogP contribution is -2.33. The van der Waals surface area contributed by atoms with Crippen molar-refractivity contribution in [3.05, 3.63) is 41.5 Å². The molecule has 0 aliphatic carbocycles. The fraction of sp³-hybridized carbons (Fsp3) is 0.444. The van der Waals surface area contributed by atoms with Gasteiger partial charge in [-0.1, -0.05) is 0 Å². The molecule has 0 atom stereocenters. The van der Waals surface area contributed by atoms with Crippen LogP contribution >= 0.6 is 0 Å². The molecule has 1 aromatic heterocycles. The van der Waals surface area contributed by atoms with Crippen molar-refractivity contribution in [1.29, 1.82) is 0 Å². The zero-order valence-electron chi connectivity index (χ0n) is 14.6. The summed E-state index contributed by atoms with van der Waals surface area (Å²) >= 11 is 0. The van der Waals surface area contributed by atoms with Crippen molar-refractivity contribution in [2.24, 2.45) is 0 Å². The molecule has 7 nitrogen and oxygen atoms in total.